The zero-order chi connectivity index (χ0) is 31.6. The van der Waals surface area contributed by atoms with E-state index in [0.29, 0.717) is 17.1 Å². The van der Waals surface area contributed by atoms with E-state index in [0.717, 1.165) is 41.3 Å². The molecule has 8 rings (SSSR count). The predicted octanol–water partition coefficient (Wildman–Crippen LogP) is 6.15. The Bertz CT molecular complexity index is 2070. The van der Waals surface area contributed by atoms with Crippen LogP contribution in [0.1, 0.15) is 31.2 Å². The summed E-state index contributed by atoms with van der Waals surface area (Å²) in [5.41, 5.74) is 0.804. The van der Waals surface area contributed by atoms with Crippen LogP contribution >= 0.6 is 0 Å². The number of carboxylic acids is 1. The zero-order valence-corrected chi connectivity index (χ0v) is 25.1. The molecule has 3 saturated carbocycles. The lowest BCUT2D eigenvalue weighted by Crippen LogP contribution is -2.51. The van der Waals surface area contributed by atoms with E-state index in [1.807, 2.05) is 0 Å². The number of halogens is 3. The minimum atomic E-state index is -4.35. The summed E-state index contributed by atoms with van der Waals surface area (Å²) < 4.78 is 73.6. The maximum Gasteiger partial charge on any atom is 0.308 e. The average Bonchev–Trinajstić information content (AvgIpc) is 3.60. The van der Waals surface area contributed by atoms with Crippen LogP contribution in [-0.2, 0) is 21.4 Å². The number of carbonyl (C=O) groups is 1. The van der Waals surface area contributed by atoms with Crippen molar-refractivity contribution in [2.75, 3.05) is 12.0 Å². The molecule has 3 aliphatic rings. The van der Waals surface area contributed by atoms with Gasteiger partial charge in [-0.25, -0.2) is 35.5 Å². The number of nitrogens with zero attached hydrogens (tertiary/aromatic N) is 4. The van der Waals surface area contributed by atoms with Crippen molar-refractivity contribution in [2.24, 2.45) is 17.8 Å². The van der Waals surface area contributed by atoms with Gasteiger partial charge in [-0.1, -0.05) is 17.7 Å². The molecule has 2 aromatic carbocycles. The molecule has 3 fully saturated rings. The van der Waals surface area contributed by atoms with Crippen molar-refractivity contribution in [3.63, 3.8) is 0 Å². The summed E-state index contributed by atoms with van der Waals surface area (Å²) in [6, 6.07) is 8.96. The Morgan fingerprint density at radius 1 is 1.02 bits per heavy atom. The van der Waals surface area contributed by atoms with E-state index >= 15 is 4.39 Å². The van der Waals surface area contributed by atoms with Crippen molar-refractivity contribution in [3.8, 4) is 11.4 Å². The first kappa shape index (κ1) is 29.3. The number of hydrogen-bond acceptors (Lipinski definition) is 6. The lowest BCUT2D eigenvalue weighted by molar-refractivity contribution is -0.148. The second-order valence-corrected chi connectivity index (χ2v) is 13.8. The number of benzene rings is 2. The first-order valence-electron chi connectivity index (χ1n) is 14.8. The van der Waals surface area contributed by atoms with Gasteiger partial charge >= 0.3 is 5.97 Å². The number of nitrogens with one attached hydrogen (secondary N) is 1. The molecule has 0 saturated heterocycles. The van der Waals surface area contributed by atoms with Gasteiger partial charge in [0.05, 0.1) is 22.7 Å². The number of aryl methyl sites for hydroxylation is 2. The van der Waals surface area contributed by atoms with Crippen LogP contribution in [0.15, 0.2) is 59.8 Å². The van der Waals surface area contributed by atoms with Gasteiger partial charge in [0.1, 0.15) is 29.5 Å². The molecular formula is C32H30F3N5O4S. The van der Waals surface area contributed by atoms with Gasteiger partial charge in [-0.05, 0) is 68.7 Å². The molecule has 0 aliphatic heterocycles. The Labute approximate surface area is 256 Å². The summed E-state index contributed by atoms with van der Waals surface area (Å²) in [6.07, 6.45) is 6.23. The molecule has 9 nitrogen and oxygen atoms in total. The smallest absolute Gasteiger partial charge is 0.308 e. The van der Waals surface area contributed by atoms with Crippen LogP contribution in [0, 0.1) is 36.3 Å². The SMILES string of the molecule is Cc1ccc(S(=O)(=O)n2cc(-c3nc(NC4C5CCC(CC5)C4C(=O)O)c4ccn(CCF)c4n3)c3cc(F)cc(F)c32)cc1. The van der Waals surface area contributed by atoms with Crippen molar-refractivity contribution in [1.29, 1.82) is 0 Å². The molecule has 5 aromatic rings. The largest absolute Gasteiger partial charge is 0.481 e. The molecule has 0 radical (unpaired) electrons. The van der Waals surface area contributed by atoms with Crippen molar-refractivity contribution in [2.45, 2.75) is 50.1 Å². The molecule has 0 amide bonds. The van der Waals surface area contributed by atoms with E-state index in [9.17, 15) is 27.1 Å². The molecule has 2 bridgehead atoms. The number of aliphatic carboxylic acids is 1. The maximum atomic E-state index is 15.4. The standard InChI is InChI=1S/C32H30F3N5O4S/c1-17-2-8-21(9-3-17)45(43,44)40-16-24(23-14-20(34)15-25(35)28(23)40)30-37-29(22-10-12-39(13-11-33)31(22)38-30)36-27-19-6-4-18(5-7-19)26(27)32(41)42/h2-3,8-10,12,14-16,18-19,26-27H,4-7,11,13H2,1H3,(H,41,42)(H,36,37,38). The first-order chi connectivity index (χ1) is 21.6. The van der Waals surface area contributed by atoms with Crippen LogP contribution in [0.3, 0.4) is 0 Å². The van der Waals surface area contributed by atoms with Crippen LogP contribution in [0.5, 0.6) is 0 Å². The van der Waals surface area contributed by atoms with Gasteiger partial charge in [0.25, 0.3) is 10.0 Å². The molecule has 3 aliphatic carbocycles. The number of rotatable bonds is 8. The van der Waals surface area contributed by atoms with Crippen LogP contribution in [-0.4, -0.2) is 50.7 Å². The third kappa shape index (κ3) is 4.84. The Morgan fingerprint density at radius 2 is 1.73 bits per heavy atom. The highest BCUT2D eigenvalue weighted by Crippen LogP contribution is 2.47. The number of aromatic nitrogens is 4. The molecule has 2 N–H and O–H groups in total. The van der Waals surface area contributed by atoms with Gasteiger partial charge in [0, 0.05) is 35.5 Å². The Kier molecular flexibility index (Phi) is 7.10. The average molecular weight is 638 g/mol. The predicted molar refractivity (Wildman–Crippen MR) is 162 cm³/mol. The molecule has 2 unspecified atom stereocenters. The highest BCUT2D eigenvalue weighted by molar-refractivity contribution is 7.90. The lowest BCUT2D eigenvalue weighted by Gasteiger charge is -2.47. The number of fused-ring (bicyclic) bond motifs is 5. The van der Waals surface area contributed by atoms with Gasteiger partial charge in [-0.3, -0.25) is 4.79 Å². The number of carboxylic acid groups (broad SMARTS) is 1. The zero-order valence-electron chi connectivity index (χ0n) is 24.3. The molecule has 2 atom stereocenters. The third-order valence-corrected chi connectivity index (χ3v) is 11.0. The molecule has 45 heavy (non-hydrogen) atoms. The Morgan fingerprint density at radius 3 is 2.42 bits per heavy atom. The summed E-state index contributed by atoms with van der Waals surface area (Å²) in [5.74, 6) is -3.18. The fraction of sp³-hybridized carbons (Fsp3) is 0.344. The van der Waals surface area contributed by atoms with Crippen LogP contribution < -0.4 is 5.32 Å². The third-order valence-electron chi connectivity index (χ3n) is 9.36. The molecule has 234 valence electrons. The van der Waals surface area contributed by atoms with E-state index in [4.69, 9.17) is 4.98 Å². The molecule has 13 heteroatoms. The van der Waals surface area contributed by atoms with E-state index in [2.05, 4.69) is 10.3 Å². The summed E-state index contributed by atoms with van der Waals surface area (Å²) in [7, 11) is -4.35. The fourth-order valence-corrected chi connectivity index (χ4v) is 8.55. The highest BCUT2D eigenvalue weighted by atomic mass is 32.2. The molecular weight excluding hydrogens is 607 g/mol. The minimum Gasteiger partial charge on any atom is -0.481 e. The summed E-state index contributed by atoms with van der Waals surface area (Å²) in [6.45, 7) is 1.08. The van der Waals surface area contributed by atoms with E-state index in [1.165, 1.54) is 18.3 Å². The van der Waals surface area contributed by atoms with Gasteiger partial charge < -0.3 is 15.0 Å². The van der Waals surface area contributed by atoms with Gasteiger partial charge in [0.2, 0.25) is 0 Å². The van der Waals surface area contributed by atoms with E-state index in [1.54, 1.807) is 35.9 Å². The number of alkyl halides is 1. The quantitative estimate of drug-likeness (QED) is 0.210. The van der Waals surface area contributed by atoms with Crippen molar-refractivity contribution < 1.29 is 31.5 Å². The normalized spacial score (nSPS) is 21.5. The fourth-order valence-electron chi connectivity index (χ4n) is 7.18. The van der Waals surface area contributed by atoms with E-state index < -0.39 is 46.3 Å². The lowest BCUT2D eigenvalue weighted by atomic mass is 9.61. The van der Waals surface area contributed by atoms with Gasteiger partial charge in [0.15, 0.2) is 11.6 Å². The summed E-state index contributed by atoms with van der Waals surface area (Å²) >= 11 is 0. The highest BCUT2D eigenvalue weighted by Gasteiger charge is 2.47. The maximum absolute atomic E-state index is 15.4. The summed E-state index contributed by atoms with van der Waals surface area (Å²) in [4.78, 5) is 21.7. The van der Waals surface area contributed by atoms with Crippen molar-refractivity contribution in [1.82, 2.24) is 18.5 Å². The second kappa shape index (κ2) is 10.9. The number of hydrogen-bond donors (Lipinski definition) is 2. The van der Waals surface area contributed by atoms with E-state index in [-0.39, 0.29) is 51.4 Å². The Hall–Kier alpha value is -4.39. The molecule has 0 spiro atoms. The minimum absolute atomic E-state index is 0.0221. The topological polar surface area (TPSA) is 119 Å². The van der Waals surface area contributed by atoms with Crippen LogP contribution in [0.25, 0.3) is 33.3 Å². The van der Waals surface area contributed by atoms with Crippen LogP contribution in [0.4, 0.5) is 19.0 Å². The monoisotopic (exact) mass is 637 g/mol. The second-order valence-electron chi connectivity index (χ2n) is 12.0. The number of anilines is 1. The molecule has 3 heterocycles. The van der Waals surface area contributed by atoms with Crippen molar-refractivity contribution in [3.05, 3.63) is 72.1 Å². The molecule has 3 aromatic heterocycles. The first-order valence-corrected chi connectivity index (χ1v) is 16.3. The Balaban J connectivity index is 1.44. The van der Waals surface area contributed by atoms with Gasteiger partial charge in [-0.2, -0.15) is 0 Å². The summed E-state index contributed by atoms with van der Waals surface area (Å²) in [5, 5.41) is 14.0. The van der Waals surface area contributed by atoms with Gasteiger partial charge in [-0.15, -0.1) is 0 Å². The van der Waals surface area contributed by atoms with Crippen molar-refractivity contribution >= 4 is 43.7 Å². The van der Waals surface area contributed by atoms with Crippen LogP contribution in [0.2, 0.25) is 0 Å².